The lowest BCUT2D eigenvalue weighted by Gasteiger charge is -2.16. The van der Waals surface area contributed by atoms with Gasteiger partial charge in [-0.25, -0.2) is 0 Å². The van der Waals surface area contributed by atoms with Gasteiger partial charge in [-0.1, -0.05) is 12.1 Å². The smallest absolute Gasteiger partial charge is 0.387 e. The summed E-state index contributed by atoms with van der Waals surface area (Å²) in [5.74, 6) is -0.245. The molecule has 0 saturated heterocycles. The number of nitriles is 1. The van der Waals surface area contributed by atoms with E-state index in [1.807, 2.05) is 6.07 Å². The molecule has 2 rings (SSSR count). The molecule has 1 amide bonds. The maximum absolute atomic E-state index is 12.4. The van der Waals surface area contributed by atoms with Crippen LogP contribution in [0, 0.1) is 11.3 Å². The van der Waals surface area contributed by atoms with Gasteiger partial charge in [-0.05, 0) is 43.3 Å². The van der Waals surface area contributed by atoms with Gasteiger partial charge >= 0.3 is 6.61 Å². The van der Waals surface area contributed by atoms with Crippen molar-refractivity contribution >= 4 is 11.6 Å². The Bertz CT molecular complexity index is 742. The lowest BCUT2D eigenvalue weighted by molar-refractivity contribution is -0.122. The average molecular weight is 332 g/mol. The quantitative estimate of drug-likeness (QED) is 0.878. The molecule has 24 heavy (non-hydrogen) atoms. The second kappa shape index (κ2) is 7.92. The van der Waals surface area contributed by atoms with E-state index in [4.69, 9.17) is 10.00 Å². The summed E-state index contributed by atoms with van der Waals surface area (Å²) in [6.45, 7) is -1.47. The van der Waals surface area contributed by atoms with E-state index in [1.54, 1.807) is 30.3 Å². The molecule has 0 heterocycles. The van der Waals surface area contributed by atoms with Gasteiger partial charge in [0.2, 0.25) is 0 Å². The first-order chi connectivity index (χ1) is 11.5. The van der Waals surface area contributed by atoms with E-state index in [0.29, 0.717) is 11.3 Å². The van der Waals surface area contributed by atoms with Crippen molar-refractivity contribution in [1.29, 1.82) is 5.26 Å². The fraction of sp³-hybridized carbons (Fsp3) is 0.176. The number of amides is 1. The zero-order chi connectivity index (χ0) is 17.5. The van der Waals surface area contributed by atoms with Crippen LogP contribution in [0.25, 0.3) is 0 Å². The number of alkyl halides is 2. The third-order valence-electron chi connectivity index (χ3n) is 3.03. The number of anilines is 1. The molecule has 0 spiro atoms. The Kier molecular flexibility index (Phi) is 5.68. The van der Waals surface area contributed by atoms with Crippen molar-refractivity contribution < 1.29 is 23.0 Å². The number of hydrogen-bond acceptors (Lipinski definition) is 4. The third kappa shape index (κ3) is 4.68. The van der Waals surface area contributed by atoms with Gasteiger partial charge in [-0.2, -0.15) is 14.0 Å². The van der Waals surface area contributed by atoms with Crippen LogP contribution in [-0.4, -0.2) is 18.6 Å². The van der Waals surface area contributed by atoms with Crippen molar-refractivity contribution in [2.75, 3.05) is 5.32 Å². The van der Waals surface area contributed by atoms with E-state index >= 15 is 0 Å². The Balaban J connectivity index is 2.02. The summed E-state index contributed by atoms with van der Waals surface area (Å²) in [6, 6.07) is 14.1. The number of nitrogens with zero attached hydrogens (tertiary/aromatic N) is 1. The number of nitrogens with one attached hydrogen (secondary N) is 1. The molecular formula is C17H14F2N2O3. The Morgan fingerprint density at radius 3 is 2.42 bits per heavy atom. The van der Waals surface area contributed by atoms with Crippen molar-refractivity contribution in [2.45, 2.75) is 19.6 Å². The van der Waals surface area contributed by atoms with Crippen LogP contribution in [0.5, 0.6) is 11.5 Å². The molecular weight excluding hydrogens is 318 g/mol. The van der Waals surface area contributed by atoms with E-state index in [0.717, 1.165) is 0 Å². The van der Waals surface area contributed by atoms with Gasteiger partial charge in [0, 0.05) is 0 Å². The molecule has 0 aliphatic rings. The zero-order valence-corrected chi connectivity index (χ0v) is 12.7. The molecule has 0 aliphatic carbocycles. The molecule has 0 bridgehead atoms. The molecule has 2 aromatic carbocycles. The molecule has 0 aliphatic heterocycles. The Labute approximate surface area is 137 Å². The highest BCUT2D eigenvalue weighted by molar-refractivity contribution is 5.95. The minimum absolute atomic E-state index is 0.123. The normalized spacial score (nSPS) is 11.5. The number of rotatable bonds is 6. The van der Waals surface area contributed by atoms with Gasteiger partial charge in [0.1, 0.15) is 11.5 Å². The third-order valence-corrected chi connectivity index (χ3v) is 3.03. The summed E-state index contributed by atoms with van der Waals surface area (Å²) >= 11 is 0. The molecule has 0 fully saturated rings. The van der Waals surface area contributed by atoms with Crippen molar-refractivity contribution in [3.63, 3.8) is 0 Å². The molecule has 0 radical (unpaired) electrons. The molecule has 0 saturated carbocycles. The minimum atomic E-state index is -2.99. The number of para-hydroxylation sites is 2. The van der Waals surface area contributed by atoms with Crippen LogP contribution in [0.2, 0.25) is 0 Å². The summed E-state index contributed by atoms with van der Waals surface area (Å²) < 4.78 is 34.5. The Morgan fingerprint density at radius 2 is 1.79 bits per heavy atom. The van der Waals surface area contributed by atoms with E-state index in [2.05, 4.69) is 10.1 Å². The van der Waals surface area contributed by atoms with Crippen molar-refractivity contribution in [1.82, 2.24) is 0 Å². The van der Waals surface area contributed by atoms with E-state index in [-0.39, 0.29) is 11.4 Å². The molecule has 2 aromatic rings. The van der Waals surface area contributed by atoms with Gasteiger partial charge in [-0.15, -0.1) is 0 Å². The number of benzene rings is 2. The van der Waals surface area contributed by atoms with E-state index in [9.17, 15) is 13.6 Å². The van der Waals surface area contributed by atoms with Crippen LogP contribution in [-0.2, 0) is 4.79 Å². The first-order valence-corrected chi connectivity index (χ1v) is 7.01. The van der Waals surface area contributed by atoms with Gasteiger partial charge in [0.15, 0.2) is 6.10 Å². The van der Waals surface area contributed by atoms with Crippen molar-refractivity contribution in [3.05, 3.63) is 54.1 Å². The van der Waals surface area contributed by atoms with Gasteiger partial charge in [0.05, 0.1) is 17.3 Å². The highest BCUT2D eigenvalue weighted by Gasteiger charge is 2.17. The molecule has 0 unspecified atom stereocenters. The summed E-state index contributed by atoms with van der Waals surface area (Å²) in [7, 11) is 0. The first-order valence-electron chi connectivity index (χ1n) is 7.01. The Hall–Kier alpha value is -3.14. The zero-order valence-electron chi connectivity index (χ0n) is 12.7. The van der Waals surface area contributed by atoms with Crippen LogP contribution in [0.1, 0.15) is 12.5 Å². The summed E-state index contributed by atoms with van der Waals surface area (Å²) in [5, 5.41) is 11.2. The fourth-order valence-electron chi connectivity index (χ4n) is 1.87. The Morgan fingerprint density at radius 1 is 1.12 bits per heavy atom. The number of carbonyl (C=O) groups excluding carboxylic acids is 1. The second-order valence-corrected chi connectivity index (χ2v) is 4.76. The molecule has 7 heteroatoms. The first kappa shape index (κ1) is 17.2. The lowest BCUT2D eigenvalue weighted by atomic mass is 10.2. The van der Waals surface area contributed by atoms with Gasteiger partial charge in [0.25, 0.3) is 5.91 Å². The second-order valence-electron chi connectivity index (χ2n) is 4.76. The monoisotopic (exact) mass is 332 g/mol. The average Bonchev–Trinajstić information content (AvgIpc) is 2.56. The lowest BCUT2D eigenvalue weighted by Crippen LogP contribution is -2.30. The molecule has 1 N–H and O–H groups in total. The molecule has 0 aromatic heterocycles. The van der Waals surface area contributed by atoms with Crippen molar-refractivity contribution in [3.8, 4) is 17.6 Å². The molecule has 124 valence electrons. The maximum Gasteiger partial charge on any atom is 0.387 e. The predicted molar refractivity (Wildman–Crippen MR) is 83.0 cm³/mol. The summed E-state index contributed by atoms with van der Waals surface area (Å²) in [4.78, 5) is 12.1. The number of carbonyl (C=O) groups is 1. The topological polar surface area (TPSA) is 71.3 Å². The largest absolute Gasteiger partial charge is 0.481 e. The minimum Gasteiger partial charge on any atom is -0.481 e. The number of halogens is 2. The van der Waals surface area contributed by atoms with Crippen LogP contribution in [0.3, 0.4) is 0 Å². The number of hydrogen-bond donors (Lipinski definition) is 1. The standard InChI is InChI=1S/C17H14F2N2O3/c1-11(23-13-8-6-12(10-20)7-9-13)16(22)21-14-4-2-3-5-15(14)24-17(18)19/h2-9,11,17H,1H3,(H,21,22)/t11-/m1/s1. The van der Waals surface area contributed by atoms with Crippen molar-refractivity contribution in [2.24, 2.45) is 0 Å². The number of ether oxygens (including phenoxy) is 2. The molecule has 1 atom stereocenters. The maximum atomic E-state index is 12.4. The predicted octanol–water partition coefficient (Wildman–Crippen LogP) is 3.57. The van der Waals surface area contributed by atoms with Gasteiger partial charge in [-0.3, -0.25) is 4.79 Å². The van der Waals surface area contributed by atoms with E-state index < -0.39 is 18.6 Å². The SMILES string of the molecule is C[C@@H](Oc1ccc(C#N)cc1)C(=O)Nc1ccccc1OC(F)F. The van der Waals surface area contributed by atoms with E-state index in [1.165, 1.54) is 25.1 Å². The molecule has 5 nitrogen and oxygen atoms in total. The van der Waals surface area contributed by atoms with Crippen LogP contribution < -0.4 is 14.8 Å². The van der Waals surface area contributed by atoms with Crippen LogP contribution >= 0.6 is 0 Å². The highest BCUT2D eigenvalue weighted by atomic mass is 19.3. The van der Waals surface area contributed by atoms with Crippen LogP contribution in [0.15, 0.2) is 48.5 Å². The summed E-state index contributed by atoms with van der Waals surface area (Å²) in [6.07, 6.45) is -0.877. The summed E-state index contributed by atoms with van der Waals surface area (Å²) in [5.41, 5.74) is 0.593. The highest BCUT2D eigenvalue weighted by Crippen LogP contribution is 2.25. The fourth-order valence-corrected chi connectivity index (χ4v) is 1.87. The van der Waals surface area contributed by atoms with Crippen LogP contribution in [0.4, 0.5) is 14.5 Å². The van der Waals surface area contributed by atoms with Gasteiger partial charge < -0.3 is 14.8 Å².